The van der Waals surface area contributed by atoms with Gasteiger partial charge in [0.25, 0.3) is 5.91 Å². The number of carbonyl (C=O) groups excluding carboxylic acids is 2. The monoisotopic (exact) mass is 406 g/mol. The molecule has 0 aliphatic heterocycles. The summed E-state index contributed by atoms with van der Waals surface area (Å²) < 4.78 is 11.2. The molecule has 132 valence electrons. The second-order valence-electron chi connectivity index (χ2n) is 5.14. The van der Waals surface area contributed by atoms with E-state index in [9.17, 15) is 9.59 Å². The van der Waals surface area contributed by atoms with Gasteiger partial charge in [0.05, 0.1) is 4.47 Å². The van der Waals surface area contributed by atoms with Crippen molar-refractivity contribution in [3.05, 3.63) is 64.1 Å². The Bertz CT molecular complexity index is 722. The molecule has 0 aromatic heterocycles. The SMILES string of the molecule is CCc1ccc(OCC(=O)NNC(=O)OCc2ccccc2)c(Br)c1. The van der Waals surface area contributed by atoms with Crippen LogP contribution in [0.3, 0.4) is 0 Å². The van der Waals surface area contributed by atoms with Crippen molar-refractivity contribution in [1.29, 1.82) is 0 Å². The maximum absolute atomic E-state index is 11.7. The first-order chi connectivity index (χ1) is 12.1. The lowest BCUT2D eigenvalue weighted by Crippen LogP contribution is -2.44. The second kappa shape index (κ2) is 9.68. The predicted octanol–water partition coefficient (Wildman–Crippen LogP) is 3.35. The van der Waals surface area contributed by atoms with Crippen molar-refractivity contribution < 1.29 is 19.1 Å². The fourth-order valence-electron chi connectivity index (χ4n) is 1.94. The van der Waals surface area contributed by atoms with Gasteiger partial charge in [0, 0.05) is 0 Å². The van der Waals surface area contributed by atoms with Gasteiger partial charge in [-0.2, -0.15) is 0 Å². The summed E-state index contributed by atoms with van der Waals surface area (Å²) >= 11 is 3.40. The summed E-state index contributed by atoms with van der Waals surface area (Å²) in [6.07, 6.45) is 0.166. The van der Waals surface area contributed by atoms with Crippen LogP contribution in [0.25, 0.3) is 0 Å². The largest absolute Gasteiger partial charge is 0.483 e. The van der Waals surface area contributed by atoms with E-state index in [2.05, 4.69) is 33.7 Å². The highest BCUT2D eigenvalue weighted by atomic mass is 79.9. The van der Waals surface area contributed by atoms with Crippen molar-refractivity contribution in [2.24, 2.45) is 0 Å². The molecular weight excluding hydrogens is 388 g/mol. The molecule has 0 saturated carbocycles. The van der Waals surface area contributed by atoms with Crippen LogP contribution in [0.15, 0.2) is 53.0 Å². The molecule has 0 aliphatic carbocycles. The summed E-state index contributed by atoms with van der Waals surface area (Å²) in [5.74, 6) is 0.0575. The minimum absolute atomic E-state index is 0.121. The Kier molecular flexibility index (Phi) is 7.28. The van der Waals surface area contributed by atoms with Crippen LogP contribution in [0.1, 0.15) is 18.1 Å². The molecule has 2 N–H and O–H groups in total. The Balaban J connectivity index is 1.69. The molecule has 0 spiro atoms. The average Bonchev–Trinajstić information content (AvgIpc) is 2.64. The molecule has 0 fully saturated rings. The smallest absolute Gasteiger partial charge is 0.426 e. The Morgan fingerprint density at radius 2 is 1.80 bits per heavy atom. The summed E-state index contributed by atoms with van der Waals surface area (Å²) in [5.41, 5.74) is 6.41. The zero-order valence-electron chi connectivity index (χ0n) is 13.8. The molecular formula is C18H19BrN2O4. The van der Waals surface area contributed by atoms with E-state index in [4.69, 9.17) is 9.47 Å². The number of hydrogen-bond acceptors (Lipinski definition) is 4. The lowest BCUT2D eigenvalue weighted by molar-refractivity contribution is -0.124. The number of hydrazine groups is 1. The lowest BCUT2D eigenvalue weighted by Gasteiger charge is -2.11. The summed E-state index contributed by atoms with van der Waals surface area (Å²) in [5, 5.41) is 0. The van der Waals surface area contributed by atoms with Gasteiger partial charge in [-0.05, 0) is 45.6 Å². The Morgan fingerprint density at radius 1 is 1.04 bits per heavy atom. The van der Waals surface area contributed by atoms with E-state index in [1.54, 1.807) is 6.07 Å². The van der Waals surface area contributed by atoms with E-state index in [1.165, 1.54) is 0 Å². The van der Waals surface area contributed by atoms with Gasteiger partial charge in [-0.15, -0.1) is 0 Å². The fourth-order valence-corrected chi connectivity index (χ4v) is 2.48. The number of aryl methyl sites for hydroxylation is 1. The highest BCUT2D eigenvalue weighted by Gasteiger charge is 2.08. The molecule has 0 unspecified atom stereocenters. The molecule has 2 amide bonds. The Hall–Kier alpha value is -2.54. The summed E-state index contributed by atoms with van der Waals surface area (Å²) in [6.45, 7) is 1.94. The highest BCUT2D eigenvalue weighted by molar-refractivity contribution is 9.10. The minimum Gasteiger partial charge on any atom is -0.483 e. The molecule has 0 aliphatic rings. The number of hydrogen-bond donors (Lipinski definition) is 2. The van der Waals surface area contributed by atoms with Crippen LogP contribution in [-0.4, -0.2) is 18.6 Å². The van der Waals surface area contributed by atoms with E-state index in [0.717, 1.165) is 22.0 Å². The average molecular weight is 407 g/mol. The molecule has 2 aromatic rings. The van der Waals surface area contributed by atoms with Crippen LogP contribution >= 0.6 is 15.9 Å². The molecule has 7 heteroatoms. The van der Waals surface area contributed by atoms with Gasteiger partial charge in [-0.25, -0.2) is 10.2 Å². The van der Waals surface area contributed by atoms with Gasteiger partial charge in [0.2, 0.25) is 0 Å². The number of ether oxygens (including phenoxy) is 2. The molecule has 2 rings (SSSR count). The number of carbonyl (C=O) groups is 2. The number of amides is 2. The van der Waals surface area contributed by atoms with E-state index in [1.807, 2.05) is 42.5 Å². The van der Waals surface area contributed by atoms with Crippen molar-refractivity contribution in [3.63, 3.8) is 0 Å². The molecule has 0 atom stereocenters. The van der Waals surface area contributed by atoms with Crippen LogP contribution in [-0.2, 0) is 22.6 Å². The molecule has 2 aromatic carbocycles. The third-order valence-corrected chi connectivity index (χ3v) is 3.90. The van der Waals surface area contributed by atoms with Gasteiger partial charge >= 0.3 is 6.09 Å². The topological polar surface area (TPSA) is 76.7 Å². The van der Waals surface area contributed by atoms with Crippen LogP contribution in [0, 0.1) is 0 Å². The van der Waals surface area contributed by atoms with Crippen LogP contribution < -0.4 is 15.6 Å². The number of benzene rings is 2. The van der Waals surface area contributed by atoms with Gasteiger partial charge in [-0.3, -0.25) is 10.2 Å². The van der Waals surface area contributed by atoms with Gasteiger partial charge in [0.1, 0.15) is 12.4 Å². The first-order valence-electron chi connectivity index (χ1n) is 7.75. The van der Waals surface area contributed by atoms with Gasteiger partial charge < -0.3 is 9.47 Å². The van der Waals surface area contributed by atoms with Crippen molar-refractivity contribution in [2.45, 2.75) is 20.0 Å². The van der Waals surface area contributed by atoms with Crippen molar-refractivity contribution in [1.82, 2.24) is 10.9 Å². The van der Waals surface area contributed by atoms with E-state index in [0.29, 0.717) is 5.75 Å². The first-order valence-corrected chi connectivity index (χ1v) is 8.54. The molecule has 25 heavy (non-hydrogen) atoms. The third-order valence-electron chi connectivity index (χ3n) is 3.28. The summed E-state index contributed by atoms with van der Waals surface area (Å²) in [7, 11) is 0. The maximum atomic E-state index is 11.7. The van der Waals surface area contributed by atoms with Crippen LogP contribution in [0.5, 0.6) is 5.75 Å². The zero-order chi connectivity index (χ0) is 18.1. The highest BCUT2D eigenvalue weighted by Crippen LogP contribution is 2.26. The molecule has 0 bridgehead atoms. The summed E-state index contributed by atoms with van der Waals surface area (Å²) in [4.78, 5) is 23.2. The van der Waals surface area contributed by atoms with E-state index < -0.39 is 12.0 Å². The Morgan fingerprint density at radius 3 is 2.48 bits per heavy atom. The van der Waals surface area contributed by atoms with Crippen molar-refractivity contribution >= 4 is 27.9 Å². The second-order valence-corrected chi connectivity index (χ2v) is 6.00. The third kappa shape index (κ3) is 6.46. The minimum atomic E-state index is -0.745. The fraction of sp³-hybridized carbons (Fsp3) is 0.222. The maximum Gasteiger partial charge on any atom is 0.426 e. The number of halogens is 1. The standard InChI is InChI=1S/C18H19BrN2O4/c1-2-13-8-9-16(15(19)10-13)24-12-17(22)20-21-18(23)25-11-14-6-4-3-5-7-14/h3-10H,2,11-12H2,1H3,(H,20,22)(H,21,23). The molecule has 6 nitrogen and oxygen atoms in total. The van der Waals surface area contributed by atoms with Crippen molar-refractivity contribution in [3.8, 4) is 5.75 Å². The zero-order valence-corrected chi connectivity index (χ0v) is 15.3. The van der Waals surface area contributed by atoms with Crippen LogP contribution in [0.2, 0.25) is 0 Å². The Labute approximate surface area is 154 Å². The quantitative estimate of drug-likeness (QED) is 0.721. The first kappa shape index (κ1) is 18.8. The number of nitrogens with one attached hydrogen (secondary N) is 2. The van der Waals surface area contributed by atoms with Crippen molar-refractivity contribution in [2.75, 3.05) is 6.61 Å². The molecule has 0 radical (unpaired) electrons. The van der Waals surface area contributed by atoms with Gasteiger partial charge in [0.15, 0.2) is 6.61 Å². The van der Waals surface area contributed by atoms with Gasteiger partial charge in [-0.1, -0.05) is 43.3 Å². The summed E-state index contributed by atoms with van der Waals surface area (Å²) in [6, 6.07) is 14.9. The molecule has 0 saturated heterocycles. The number of rotatable bonds is 6. The van der Waals surface area contributed by atoms with Crippen LogP contribution in [0.4, 0.5) is 4.79 Å². The van der Waals surface area contributed by atoms with E-state index >= 15 is 0 Å². The lowest BCUT2D eigenvalue weighted by atomic mass is 10.2. The van der Waals surface area contributed by atoms with E-state index in [-0.39, 0.29) is 13.2 Å². The normalized spacial score (nSPS) is 10.0. The predicted molar refractivity (Wildman–Crippen MR) is 96.9 cm³/mol. The molecule has 0 heterocycles.